The van der Waals surface area contributed by atoms with Gasteiger partial charge in [-0.05, 0) is 48.7 Å². The van der Waals surface area contributed by atoms with E-state index in [4.69, 9.17) is 17.3 Å². The van der Waals surface area contributed by atoms with Crippen molar-refractivity contribution in [1.82, 2.24) is 0 Å². The molecule has 3 heteroatoms. The van der Waals surface area contributed by atoms with Crippen LogP contribution in [0.1, 0.15) is 43.5 Å². The lowest BCUT2D eigenvalue weighted by Crippen LogP contribution is -2.21. The Morgan fingerprint density at radius 3 is 2.05 bits per heavy atom. The summed E-state index contributed by atoms with van der Waals surface area (Å²) in [6.45, 7) is 4.29. The second kappa shape index (κ2) is 6.97. The Labute approximate surface area is 132 Å². The van der Waals surface area contributed by atoms with E-state index in [1.165, 1.54) is 16.8 Å². The highest BCUT2D eigenvalue weighted by atomic mass is 35.5. The molecule has 0 fully saturated rings. The molecule has 0 heterocycles. The number of halogens is 1. The van der Waals surface area contributed by atoms with Crippen molar-refractivity contribution in [2.24, 2.45) is 5.73 Å². The van der Waals surface area contributed by atoms with Crippen LogP contribution in [0.5, 0.6) is 0 Å². The molecule has 2 nitrogen and oxygen atoms in total. The van der Waals surface area contributed by atoms with Crippen molar-refractivity contribution in [2.45, 2.75) is 32.4 Å². The highest BCUT2D eigenvalue weighted by Gasteiger charge is 2.13. The van der Waals surface area contributed by atoms with Crippen LogP contribution in [0.25, 0.3) is 0 Å². The van der Waals surface area contributed by atoms with Gasteiger partial charge in [-0.15, -0.1) is 0 Å². The molecule has 0 bridgehead atoms. The van der Waals surface area contributed by atoms with Crippen LogP contribution in [-0.4, -0.2) is 7.05 Å². The monoisotopic (exact) mass is 302 g/mol. The van der Waals surface area contributed by atoms with Crippen LogP contribution in [0.15, 0.2) is 48.5 Å². The first kappa shape index (κ1) is 15.9. The zero-order valence-corrected chi connectivity index (χ0v) is 13.6. The Balaban J connectivity index is 2.15. The molecule has 2 unspecified atom stereocenters. The van der Waals surface area contributed by atoms with Gasteiger partial charge in [0.1, 0.15) is 0 Å². The molecule has 2 aromatic rings. The average molecular weight is 303 g/mol. The lowest BCUT2D eigenvalue weighted by molar-refractivity contribution is 0.697. The smallest absolute Gasteiger partial charge is 0.0511 e. The lowest BCUT2D eigenvalue weighted by Gasteiger charge is -2.28. The molecule has 0 spiro atoms. The molecule has 2 atom stereocenters. The fraction of sp³-hybridized carbons (Fsp3) is 0.333. The van der Waals surface area contributed by atoms with E-state index in [-0.39, 0.29) is 12.1 Å². The maximum absolute atomic E-state index is 6.06. The predicted molar refractivity (Wildman–Crippen MR) is 91.9 cm³/mol. The number of rotatable bonds is 5. The quantitative estimate of drug-likeness (QED) is 0.847. The molecule has 0 aliphatic heterocycles. The third-order valence-electron chi connectivity index (χ3n) is 4.10. The summed E-state index contributed by atoms with van der Waals surface area (Å²) in [5.74, 6) is 0. The van der Waals surface area contributed by atoms with Gasteiger partial charge in [0.2, 0.25) is 0 Å². The summed E-state index contributed by atoms with van der Waals surface area (Å²) in [6, 6.07) is 16.9. The van der Waals surface area contributed by atoms with Crippen LogP contribution >= 0.6 is 11.6 Å². The number of nitrogens with zero attached hydrogens (tertiary/aromatic N) is 1. The van der Waals surface area contributed by atoms with Crippen molar-refractivity contribution in [3.8, 4) is 0 Å². The van der Waals surface area contributed by atoms with E-state index in [0.717, 1.165) is 11.4 Å². The minimum absolute atomic E-state index is 0.123. The largest absolute Gasteiger partial charge is 0.368 e. The molecule has 0 radical (unpaired) electrons. The van der Waals surface area contributed by atoms with Crippen molar-refractivity contribution in [2.75, 3.05) is 11.9 Å². The number of hydrogen-bond donors (Lipinski definition) is 1. The molecule has 21 heavy (non-hydrogen) atoms. The summed E-state index contributed by atoms with van der Waals surface area (Å²) in [6.07, 6.45) is 0.955. The molecule has 0 aliphatic rings. The summed E-state index contributed by atoms with van der Waals surface area (Å²) in [4.78, 5) is 2.25. The van der Waals surface area contributed by atoms with Gasteiger partial charge >= 0.3 is 0 Å². The van der Waals surface area contributed by atoms with Gasteiger partial charge in [0.15, 0.2) is 0 Å². The number of nitrogens with two attached hydrogens (primary N) is 1. The lowest BCUT2D eigenvalue weighted by atomic mass is 10.0. The van der Waals surface area contributed by atoms with Gasteiger partial charge in [-0.25, -0.2) is 0 Å². The highest BCUT2D eigenvalue weighted by Crippen LogP contribution is 2.27. The molecule has 0 saturated heterocycles. The first-order valence-corrected chi connectivity index (χ1v) is 7.74. The fourth-order valence-corrected chi connectivity index (χ4v) is 2.51. The molecule has 0 saturated carbocycles. The molecule has 112 valence electrons. The van der Waals surface area contributed by atoms with Gasteiger partial charge in [-0.2, -0.15) is 0 Å². The van der Waals surface area contributed by atoms with Crippen molar-refractivity contribution in [3.63, 3.8) is 0 Å². The van der Waals surface area contributed by atoms with E-state index in [1.54, 1.807) is 0 Å². The van der Waals surface area contributed by atoms with Crippen LogP contribution in [0.2, 0.25) is 5.02 Å². The standard InChI is InChI=1S/C18H23ClN2/c1-4-18(20)15-7-11-17(12-8-15)21(3)13(2)14-5-9-16(19)10-6-14/h5-13,18H,4,20H2,1-3H3. The summed E-state index contributed by atoms with van der Waals surface area (Å²) >= 11 is 5.95. The number of anilines is 1. The van der Waals surface area contributed by atoms with Gasteiger partial charge in [0.05, 0.1) is 6.04 Å². The Kier molecular flexibility index (Phi) is 5.27. The summed E-state index contributed by atoms with van der Waals surface area (Å²) in [7, 11) is 2.11. The zero-order chi connectivity index (χ0) is 15.4. The van der Waals surface area contributed by atoms with Crippen LogP contribution in [0, 0.1) is 0 Å². The molecular weight excluding hydrogens is 280 g/mol. The number of hydrogen-bond acceptors (Lipinski definition) is 2. The van der Waals surface area contributed by atoms with E-state index in [9.17, 15) is 0 Å². The van der Waals surface area contributed by atoms with E-state index < -0.39 is 0 Å². The Hall–Kier alpha value is -1.51. The highest BCUT2D eigenvalue weighted by molar-refractivity contribution is 6.30. The predicted octanol–water partition coefficient (Wildman–Crippen LogP) is 4.95. The van der Waals surface area contributed by atoms with Gasteiger partial charge in [0, 0.05) is 23.8 Å². The van der Waals surface area contributed by atoms with E-state index in [2.05, 4.69) is 62.2 Å². The zero-order valence-electron chi connectivity index (χ0n) is 12.9. The van der Waals surface area contributed by atoms with E-state index >= 15 is 0 Å². The third-order valence-corrected chi connectivity index (χ3v) is 4.35. The van der Waals surface area contributed by atoms with Crippen molar-refractivity contribution < 1.29 is 0 Å². The molecule has 0 amide bonds. The molecule has 2 N–H and O–H groups in total. The molecule has 0 aromatic heterocycles. The SMILES string of the molecule is CCC(N)c1ccc(N(C)C(C)c2ccc(Cl)cc2)cc1. The van der Waals surface area contributed by atoms with Crippen LogP contribution < -0.4 is 10.6 Å². The Morgan fingerprint density at radius 2 is 1.52 bits per heavy atom. The summed E-state index contributed by atoms with van der Waals surface area (Å²) in [5.41, 5.74) is 9.68. The van der Waals surface area contributed by atoms with Gasteiger partial charge in [-0.1, -0.05) is 42.8 Å². The third kappa shape index (κ3) is 3.78. The van der Waals surface area contributed by atoms with Gasteiger partial charge < -0.3 is 10.6 Å². The molecule has 2 aromatic carbocycles. The Bertz CT molecular complexity index is 563. The summed E-state index contributed by atoms with van der Waals surface area (Å²) in [5, 5.41) is 0.770. The minimum Gasteiger partial charge on any atom is -0.368 e. The van der Waals surface area contributed by atoms with Gasteiger partial charge in [-0.3, -0.25) is 0 Å². The fourth-order valence-electron chi connectivity index (χ4n) is 2.38. The van der Waals surface area contributed by atoms with Crippen LogP contribution in [0.4, 0.5) is 5.69 Å². The van der Waals surface area contributed by atoms with Crippen molar-refractivity contribution in [1.29, 1.82) is 0 Å². The maximum atomic E-state index is 6.06. The minimum atomic E-state index is 0.123. The molecule has 0 aliphatic carbocycles. The second-order valence-electron chi connectivity index (χ2n) is 5.44. The van der Waals surface area contributed by atoms with Crippen LogP contribution in [0.3, 0.4) is 0 Å². The normalized spacial score (nSPS) is 13.8. The second-order valence-corrected chi connectivity index (χ2v) is 5.88. The topological polar surface area (TPSA) is 29.3 Å². The van der Waals surface area contributed by atoms with Crippen molar-refractivity contribution >= 4 is 17.3 Å². The van der Waals surface area contributed by atoms with Crippen LogP contribution in [-0.2, 0) is 0 Å². The van der Waals surface area contributed by atoms with E-state index in [0.29, 0.717) is 0 Å². The first-order valence-electron chi connectivity index (χ1n) is 7.36. The molecular formula is C18H23ClN2. The van der Waals surface area contributed by atoms with Crippen molar-refractivity contribution in [3.05, 3.63) is 64.7 Å². The van der Waals surface area contributed by atoms with Gasteiger partial charge in [0.25, 0.3) is 0 Å². The molecule has 2 rings (SSSR count). The Morgan fingerprint density at radius 1 is 1.00 bits per heavy atom. The maximum Gasteiger partial charge on any atom is 0.0511 e. The number of benzene rings is 2. The summed E-state index contributed by atoms with van der Waals surface area (Å²) < 4.78 is 0. The first-order chi connectivity index (χ1) is 10.0. The average Bonchev–Trinajstić information content (AvgIpc) is 2.53. The van der Waals surface area contributed by atoms with E-state index in [1.807, 2.05) is 12.1 Å².